The van der Waals surface area contributed by atoms with Gasteiger partial charge in [0.15, 0.2) is 0 Å². The van der Waals surface area contributed by atoms with E-state index >= 15 is 0 Å². The Balaban J connectivity index is 2.05. The molecule has 42 heavy (non-hydrogen) atoms. The number of hydrogen-bond donors (Lipinski definition) is 0. The molecule has 0 aromatic heterocycles. The van der Waals surface area contributed by atoms with E-state index in [1.165, 1.54) is 151 Å². The Morgan fingerprint density at radius 1 is 0.405 bits per heavy atom. The summed E-state index contributed by atoms with van der Waals surface area (Å²) in [7, 11) is 0. The largest absolute Gasteiger partial charge is 0.0654 e. The fraction of sp³-hybridized carbons (Fsp3) is 0.571. The SMILES string of the molecule is CCCCCCc1cccc(-c2[c]cccc2-c2cccc(CCCCCC)c2CCCCCC)c1CCCCCC. The van der Waals surface area contributed by atoms with Gasteiger partial charge in [0.05, 0.1) is 0 Å². The molecule has 229 valence electrons. The van der Waals surface area contributed by atoms with Gasteiger partial charge in [0.1, 0.15) is 0 Å². The first-order chi connectivity index (χ1) is 20.7. The number of hydrogen-bond acceptors (Lipinski definition) is 0. The predicted molar refractivity (Wildman–Crippen MR) is 188 cm³/mol. The second kappa shape index (κ2) is 20.5. The van der Waals surface area contributed by atoms with Gasteiger partial charge < -0.3 is 0 Å². The molecular formula is C42H61. The Morgan fingerprint density at radius 3 is 1.33 bits per heavy atom. The van der Waals surface area contributed by atoms with E-state index in [1.54, 1.807) is 22.3 Å². The summed E-state index contributed by atoms with van der Waals surface area (Å²) in [6, 6.07) is 24.8. The van der Waals surface area contributed by atoms with Crippen LogP contribution >= 0.6 is 0 Å². The van der Waals surface area contributed by atoms with Crippen LogP contribution in [0.1, 0.15) is 153 Å². The fourth-order valence-electron chi connectivity index (χ4n) is 6.64. The third kappa shape index (κ3) is 10.7. The van der Waals surface area contributed by atoms with Crippen molar-refractivity contribution in [2.75, 3.05) is 0 Å². The second-order valence-electron chi connectivity index (χ2n) is 12.6. The number of benzene rings is 3. The Morgan fingerprint density at radius 2 is 0.833 bits per heavy atom. The molecule has 0 spiro atoms. The molecule has 0 atom stereocenters. The lowest BCUT2D eigenvalue weighted by molar-refractivity contribution is 0.651. The van der Waals surface area contributed by atoms with Gasteiger partial charge in [-0.3, -0.25) is 0 Å². The summed E-state index contributed by atoms with van der Waals surface area (Å²) in [4.78, 5) is 0. The predicted octanol–water partition coefficient (Wildman–Crippen LogP) is 13.3. The van der Waals surface area contributed by atoms with Crippen LogP contribution in [0.5, 0.6) is 0 Å². The summed E-state index contributed by atoms with van der Waals surface area (Å²) in [5.74, 6) is 0. The number of unbranched alkanes of at least 4 members (excludes halogenated alkanes) is 12. The summed E-state index contributed by atoms with van der Waals surface area (Å²) in [5.41, 5.74) is 11.9. The van der Waals surface area contributed by atoms with Crippen LogP contribution < -0.4 is 0 Å². The van der Waals surface area contributed by atoms with Gasteiger partial charge in [0, 0.05) is 0 Å². The average Bonchev–Trinajstić information content (AvgIpc) is 3.02. The summed E-state index contributed by atoms with van der Waals surface area (Å²) in [5, 5.41) is 0. The summed E-state index contributed by atoms with van der Waals surface area (Å²) >= 11 is 0. The molecule has 0 aliphatic heterocycles. The molecule has 0 nitrogen and oxygen atoms in total. The van der Waals surface area contributed by atoms with Gasteiger partial charge in [0.25, 0.3) is 0 Å². The van der Waals surface area contributed by atoms with E-state index in [1.807, 2.05) is 0 Å². The first kappa shape index (κ1) is 34.2. The van der Waals surface area contributed by atoms with Crippen molar-refractivity contribution >= 4 is 0 Å². The van der Waals surface area contributed by atoms with E-state index in [2.05, 4.69) is 88.4 Å². The zero-order chi connectivity index (χ0) is 29.8. The second-order valence-corrected chi connectivity index (χ2v) is 12.6. The van der Waals surface area contributed by atoms with Gasteiger partial charge in [-0.2, -0.15) is 0 Å². The Bertz CT molecular complexity index is 1050. The van der Waals surface area contributed by atoms with Crippen LogP contribution in [-0.2, 0) is 25.7 Å². The van der Waals surface area contributed by atoms with Gasteiger partial charge in [-0.25, -0.2) is 0 Å². The van der Waals surface area contributed by atoms with Crippen molar-refractivity contribution in [3.63, 3.8) is 0 Å². The summed E-state index contributed by atoms with van der Waals surface area (Å²) in [6.07, 6.45) is 25.8. The van der Waals surface area contributed by atoms with Gasteiger partial charge >= 0.3 is 0 Å². The molecule has 0 N–H and O–H groups in total. The van der Waals surface area contributed by atoms with E-state index in [0.29, 0.717) is 0 Å². The average molecular weight is 566 g/mol. The van der Waals surface area contributed by atoms with Gasteiger partial charge in [-0.15, -0.1) is 0 Å². The first-order valence-corrected chi connectivity index (χ1v) is 18.0. The lowest BCUT2D eigenvalue weighted by Gasteiger charge is -2.21. The smallest absolute Gasteiger partial charge is 0.00236 e. The van der Waals surface area contributed by atoms with E-state index in [0.717, 1.165) is 0 Å². The minimum absolute atomic E-state index is 1.18. The highest BCUT2D eigenvalue weighted by molar-refractivity contribution is 5.86. The van der Waals surface area contributed by atoms with E-state index < -0.39 is 0 Å². The molecule has 0 fully saturated rings. The lowest BCUT2D eigenvalue weighted by Crippen LogP contribution is -2.02. The third-order valence-corrected chi connectivity index (χ3v) is 9.12. The number of aryl methyl sites for hydroxylation is 2. The van der Waals surface area contributed by atoms with Crippen molar-refractivity contribution < 1.29 is 0 Å². The van der Waals surface area contributed by atoms with E-state index in [-0.39, 0.29) is 0 Å². The van der Waals surface area contributed by atoms with Crippen LogP contribution in [0.3, 0.4) is 0 Å². The van der Waals surface area contributed by atoms with Gasteiger partial charge in [0.2, 0.25) is 0 Å². The molecule has 0 amide bonds. The highest BCUT2D eigenvalue weighted by atomic mass is 14.2. The van der Waals surface area contributed by atoms with Crippen molar-refractivity contribution in [2.24, 2.45) is 0 Å². The van der Waals surface area contributed by atoms with Crippen molar-refractivity contribution in [3.05, 3.63) is 82.9 Å². The summed E-state index contributed by atoms with van der Waals surface area (Å²) in [6.45, 7) is 9.25. The monoisotopic (exact) mass is 565 g/mol. The number of rotatable bonds is 22. The van der Waals surface area contributed by atoms with Gasteiger partial charge in [-0.1, -0.05) is 159 Å². The molecule has 0 heterocycles. The first-order valence-electron chi connectivity index (χ1n) is 18.0. The molecule has 0 saturated carbocycles. The Labute approximate surface area is 260 Å². The molecule has 3 rings (SSSR count). The molecule has 0 unspecified atom stereocenters. The standard InChI is InChI=1S/C42H61/c1-5-9-13-17-25-35-27-23-33-39(37(35)29-19-15-11-7-3)41-31-21-22-32-42(41)40-34-24-28-36(26-18-14-10-6-2)38(40)30-20-16-12-8-4/h21-24,27-28,31,33-34H,5-20,25-26,29-30H2,1-4H3. The zero-order valence-corrected chi connectivity index (χ0v) is 27.8. The summed E-state index contributed by atoms with van der Waals surface area (Å²) < 4.78 is 0. The molecule has 1 radical (unpaired) electrons. The van der Waals surface area contributed by atoms with Crippen LogP contribution in [0, 0.1) is 6.07 Å². The fourth-order valence-corrected chi connectivity index (χ4v) is 6.64. The molecule has 0 heteroatoms. The van der Waals surface area contributed by atoms with Crippen molar-refractivity contribution in [3.8, 4) is 22.3 Å². The van der Waals surface area contributed by atoms with Crippen molar-refractivity contribution in [1.82, 2.24) is 0 Å². The molecule has 0 bridgehead atoms. The van der Waals surface area contributed by atoms with Crippen LogP contribution in [-0.4, -0.2) is 0 Å². The maximum absolute atomic E-state index is 3.78. The topological polar surface area (TPSA) is 0 Å². The van der Waals surface area contributed by atoms with Crippen molar-refractivity contribution in [2.45, 2.75) is 156 Å². The quantitative estimate of drug-likeness (QED) is 0.106. The minimum atomic E-state index is 1.18. The van der Waals surface area contributed by atoms with E-state index in [9.17, 15) is 0 Å². The van der Waals surface area contributed by atoms with Crippen LogP contribution in [0.15, 0.2) is 54.6 Å². The molecule has 3 aromatic rings. The van der Waals surface area contributed by atoms with E-state index in [4.69, 9.17) is 0 Å². The molecule has 3 aromatic carbocycles. The third-order valence-electron chi connectivity index (χ3n) is 9.12. The molecule has 0 saturated heterocycles. The van der Waals surface area contributed by atoms with Gasteiger partial charge in [-0.05, 0) is 102 Å². The molecule has 0 aliphatic carbocycles. The normalized spacial score (nSPS) is 11.3. The Hall–Kier alpha value is -2.34. The minimum Gasteiger partial charge on any atom is -0.0654 e. The highest BCUT2D eigenvalue weighted by Gasteiger charge is 2.17. The highest BCUT2D eigenvalue weighted by Crippen LogP contribution is 2.39. The Kier molecular flexibility index (Phi) is 16.7. The maximum atomic E-state index is 3.78. The molecule has 0 aliphatic rings. The molecular weight excluding hydrogens is 504 g/mol. The lowest BCUT2D eigenvalue weighted by atomic mass is 9.83. The zero-order valence-electron chi connectivity index (χ0n) is 27.8. The van der Waals surface area contributed by atoms with Crippen LogP contribution in [0.25, 0.3) is 22.3 Å². The van der Waals surface area contributed by atoms with Crippen molar-refractivity contribution in [1.29, 1.82) is 0 Å². The van der Waals surface area contributed by atoms with Crippen LogP contribution in [0.2, 0.25) is 0 Å². The maximum Gasteiger partial charge on any atom is -0.00236 e. The van der Waals surface area contributed by atoms with Crippen LogP contribution in [0.4, 0.5) is 0 Å².